The molecule has 1 N–H and O–H groups in total. The van der Waals surface area contributed by atoms with Crippen LogP contribution in [0.2, 0.25) is 10.0 Å². The normalized spacial score (nSPS) is 11.4. The van der Waals surface area contributed by atoms with E-state index in [9.17, 15) is 13.2 Å². The summed E-state index contributed by atoms with van der Waals surface area (Å²) in [6.45, 7) is -0.385. The van der Waals surface area contributed by atoms with Gasteiger partial charge in [0.15, 0.2) is 0 Å². The average Bonchev–Trinajstić information content (AvgIpc) is 2.70. The van der Waals surface area contributed by atoms with Crippen LogP contribution in [0.4, 0.5) is 5.69 Å². The van der Waals surface area contributed by atoms with E-state index in [-0.39, 0.29) is 18.0 Å². The molecule has 0 unspecified atom stereocenters. The quantitative estimate of drug-likeness (QED) is 0.585. The van der Waals surface area contributed by atoms with E-state index in [0.717, 1.165) is 4.31 Å². The zero-order valence-electron chi connectivity index (χ0n) is 15.1. The van der Waals surface area contributed by atoms with Gasteiger partial charge in [-0.1, -0.05) is 41.4 Å². The van der Waals surface area contributed by atoms with Crippen molar-refractivity contribution < 1.29 is 13.2 Å². The number of nitrogens with one attached hydrogen (secondary N) is 1. The Morgan fingerprint density at radius 1 is 1.00 bits per heavy atom. The van der Waals surface area contributed by atoms with E-state index in [0.29, 0.717) is 21.3 Å². The van der Waals surface area contributed by atoms with Gasteiger partial charge in [-0.15, -0.1) is 0 Å². The van der Waals surface area contributed by atoms with Crippen LogP contribution in [0.3, 0.4) is 0 Å². The molecule has 2 aromatic carbocycles. The molecule has 1 heterocycles. The Balaban J connectivity index is 1.85. The van der Waals surface area contributed by atoms with Gasteiger partial charge < -0.3 is 5.32 Å². The number of nitrogens with zero attached hydrogens (tertiary/aromatic N) is 2. The van der Waals surface area contributed by atoms with Crippen molar-refractivity contribution in [2.75, 3.05) is 11.9 Å². The number of pyridine rings is 1. The van der Waals surface area contributed by atoms with Crippen molar-refractivity contribution in [3.8, 4) is 0 Å². The molecule has 3 rings (SSSR count). The average molecular weight is 450 g/mol. The lowest BCUT2D eigenvalue weighted by Gasteiger charge is -2.22. The number of anilines is 1. The molecule has 3 aromatic rings. The Labute approximate surface area is 179 Å². The molecule has 9 heteroatoms. The number of amides is 1. The Kier molecular flexibility index (Phi) is 6.87. The van der Waals surface area contributed by atoms with E-state index < -0.39 is 15.9 Å². The second-order valence-corrected chi connectivity index (χ2v) is 8.96. The Bertz CT molecular complexity index is 1090. The lowest BCUT2D eigenvalue weighted by atomic mass is 10.2. The van der Waals surface area contributed by atoms with Crippen LogP contribution < -0.4 is 5.32 Å². The van der Waals surface area contributed by atoms with Crippen LogP contribution in [0, 0.1) is 0 Å². The summed E-state index contributed by atoms with van der Waals surface area (Å²) in [5, 5.41) is 3.66. The summed E-state index contributed by atoms with van der Waals surface area (Å²) in [4.78, 5) is 16.4. The van der Waals surface area contributed by atoms with E-state index >= 15 is 0 Å². The van der Waals surface area contributed by atoms with Gasteiger partial charge in [-0.3, -0.25) is 9.78 Å². The van der Waals surface area contributed by atoms with Crippen LogP contribution in [0.15, 0.2) is 78.0 Å². The van der Waals surface area contributed by atoms with Gasteiger partial charge in [0.05, 0.1) is 6.54 Å². The third-order valence-electron chi connectivity index (χ3n) is 3.97. The summed E-state index contributed by atoms with van der Waals surface area (Å²) in [5.41, 5.74) is 1.17. The molecule has 29 heavy (non-hydrogen) atoms. The summed E-state index contributed by atoms with van der Waals surface area (Å²) in [5.74, 6) is -0.492. The Hall–Kier alpha value is -2.45. The number of sulfonamides is 1. The van der Waals surface area contributed by atoms with Gasteiger partial charge in [-0.2, -0.15) is 4.31 Å². The molecular formula is C20H17Cl2N3O3S. The number of halogens is 2. The fraction of sp³-hybridized carbons (Fsp3) is 0.100. The van der Waals surface area contributed by atoms with Gasteiger partial charge in [0.2, 0.25) is 15.9 Å². The first-order chi connectivity index (χ1) is 13.8. The number of hydrogen-bond donors (Lipinski definition) is 1. The lowest BCUT2D eigenvalue weighted by molar-refractivity contribution is -0.116. The smallest absolute Gasteiger partial charge is 0.245 e. The number of carbonyl (C=O) groups is 1. The molecule has 0 radical (unpaired) electrons. The minimum Gasteiger partial charge on any atom is -0.325 e. The number of aromatic nitrogens is 1. The van der Waals surface area contributed by atoms with Gasteiger partial charge in [0.25, 0.3) is 0 Å². The zero-order chi connectivity index (χ0) is 20.9. The van der Waals surface area contributed by atoms with Crippen molar-refractivity contribution >= 4 is 44.8 Å². The molecule has 0 saturated heterocycles. The molecule has 6 nitrogen and oxygen atoms in total. The predicted molar refractivity (Wildman–Crippen MR) is 113 cm³/mol. The third-order valence-corrected chi connectivity index (χ3v) is 6.24. The molecule has 0 aliphatic carbocycles. The summed E-state index contributed by atoms with van der Waals surface area (Å²) >= 11 is 11.8. The highest BCUT2D eigenvalue weighted by atomic mass is 35.5. The number of carbonyl (C=O) groups excluding carboxylic acids is 1. The lowest BCUT2D eigenvalue weighted by Crippen LogP contribution is -2.37. The second kappa shape index (κ2) is 9.37. The summed E-state index contributed by atoms with van der Waals surface area (Å²) < 4.78 is 27.3. The Morgan fingerprint density at radius 3 is 2.41 bits per heavy atom. The first-order valence-electron chi connectivity index (χ1n) is 8.54. The molecule has 1 amide bonds. The molecule has 0 atom stereocenters. The minimum absolute atomic E-state index is 0.00262. The fourth-order valence-electron chi connectivity index (χ4n) is 2.59. The molecule has 0 saturated carbocycles. The van der Waals surface area contributed by atoms with Crippen LogP contribution in [0.5, 0.6) is 0 Å². The summed E-state index contributed by atoms with van der Waals surface area (Å²) in [6, 6.07) is 16.3. The van der Waals surface area contributed by atoms with Crippen molar-refractivity contribution in [1.82, 2.24) is 9.29 Å². The molecule has 1 aromatic heterocycles. The monoisotopic (exact) mass is 449 g/mol. The maximum Gasteiger partial charge on any atom is 0.245 e. The molecule has 0 fully saturated rings. The topological polar surface area (TPSA) is 79.4 Å². The van der Waals surface area contributed by atoms with Gasteiger partial charge in [-0.25, -0.2) is 8.42 Å². The van der Waals surface area contributed by atoms with E-state index in [1.807, 2.05) is 0 Å². The first kappa shape index (κ1) is 21.3. The summed E-state index contributed by atoms with van der Waals surface area (Å²) in [7, 11) is -3.95. The van der Waals surface area contributed by atoms with Crippen LogP contribution in [0.25, 0.3) is 0 Å². The molecule has 0 aliphatic heterocycles. The first-order valence-corrected chi connectivity index (χ1v) is 10.7. The maximum absolute atomic E-state index is 13.1. The largest absolute Gasteiger partial charge is 0.325 e. The van der Waals surface area contributed by atoms with Crippen molar-refractivity contribution in [3.05, 3.63) is 88.7 Å². The molecule has 0 bridgehead atoms. The Morgan fingerprint density at radius 2 is 1.76 bits per heavy atom. The second-order valence-electron chi connectivity index (χ2n) is 6.15. The van der Waals surface area contributed by atoms with Gasteiger partial charge in [0.1, 0.15) is 4.90 Å². The fourth-order valence-corrected chi connectivity index (χ4v) is 4.26. The number of rotatable bonds is 7. The van der Waals surface area contributed by atoms with E-state index in [1.165, 1.54) is 24.5 Å². The third kappa shape index (κ3) is 5.77. The van der Waals surface area contributed by atoms with Crippen molar-refractivity contribution in [2.45, 2.75) is 11.4 Å². The van der Waals surface area contributed by atoms with Gasteiger partial charge in [-0.05, 0) is 48.0 Å². The number of benzene rings is 2. The van der Waals surface area contributed by atoms with Crippen LogP contribution in [-0.2, 0) is 21.4 Å². The molecule has 150 valence electrons. The van der Waals surface area contributed by atoms with E-state index in [4.69, 9.17) is 23.2 Å². The van der Waals surface area contributed by atoms with Gasteiger partial charge in [0, 0.05) is 34.7 Å². The highest BCUT2D eigenvalue weighted by Crippen LogP contribution is 2.20. The van der Waals surface area contributed by atoms with Gasteiger partial charge >= 0.3 is 0 Å². The predicted octanol–water partition coefficient (Wildman–Crippen LogP) is 4.22. The molecule has 0 spiro atoms. The number of hydrogen-bond acceptors (Lipinski definition) is 4. The maximum atomic E-state index is 13.1. The van der Waals surface area contributed by atoms with Crippen LogP contribution >= 0.6 is 23.2 Å². The molecule has 0 aliphatic rings. The highest BCUT2D eigenvalue weighted by Gasteiger charge is 2.27. The van der Waals surface area contributed by atoms with Crippen molar-refractivity contribution in [2.24, 2.45) is 0 Å². The summed E-state index contributed by atoms with van der Waals surface area (Å²) in [6.07, 6.45) is 2.73. The standard InChI is InChI=1S/C20H17Cl2N3O3S/c21-16-8-6-15(7-9-16)13-25(29(27,28)19-5-2-10-23-12-19)14-20(26)24-18-4-1-3-17(22)11-18/h1-12H,13-14H2,(H,24,26). The van der Waals surface area contributed by atoms with Crippen molar-refractivity contribution in [3.63, 3.8) is 0 Å². The van der Waals surface area contributed by atoms with E-state index in [1.54, 1.807) is 48.5 Å². The van der Waals surface area contributed by atoms with Crippen molar-refractivity contribution in [1.29, 1.82) is 0 Å². The van der Waals surface area contributed by atoms with E-state index in [2.05, 4.69) is 10.3 Å². The zero-order valence-corrected chi connectivity index (χ0v) is 17.5. The highest BCUT2D eigenvalue weighted by molar-refractivity contribution is 7.89. The minimum atomic E-state index is -3.95. The van der Waals surface area contributed by atoms with Crippen LogP contribution in [0.1, 0.15) is 5.56 Å². The SMILES string of the molecule is O=C(CN(Cc1ccc(Cl)cc1)S(=O)(=O)c1cccnc1)Nc1cccc(Cl)c1. The van der Waals surface area contributed by atoms with Crippen LogP contribution in [-0.4, -0.2) is 30.2 Å². The molecular weight excluding hydrogens is 433 g/mol.